The second kappa shape index (κ2) is 10.5. The Bertz CT molecular complexity index is 1210. The standard InChI is InChI=1S/C26H32N6O2S/c1-15(2)18-7-9-19(10-8-18)21(33)13-20-6-5-11-32(17(20)4)22-14-28-24(25(27)34)26(29-22)30-23-12-16(3)31-35-23/h7-10,12,14-15,17,20H,5-6,11,13H2,1-4H3,(H2,27,34)(H,29,30)/t17-,20+/m1/s1. The molecule has 1 saturated heterocycles. The Hall–Kier alpha value is -3.33. The lowest BCUT2D eigenvalue weighted by Gasteiger charge is -2.40. The van der Waals surface area contributed by atoms with Crippen LogP contribution in [0.5, 0.6) is 0 Å². The van der Waals surface area contributed by atoms with Crippen molar-refractivity contribution in [2.75, 3.05) is 16.8 Å². The minimum absolute atomic E-state index is 0.0843. The SMILES string of the molecule is Cc1cc(Nc2nc(N3CCC[C@@H](CC(=O)c4ccc(C(C)C)cc4)[C@H]3C)cnc2C(N)=O)sn1. The topological polar surface area (TPSA) is 114 Å². The largest absolute Gasteiger partial charge is 0.364 e. The molecule has 1 aliphatic heterocycles. The first kappa shape index (κ1) is 24.8. The van der Waals surface area contributed by atoms with Gasteiger partial charge in [-0.1, -0.05) is 38.1 Å². The van der Waals surface area contributed by atoms with E-state index in [9.17, 15) is 9.59 Å². The molecule has 1 aliphatic rings. The maximum atomic E-state index is 13.0. The van der Waals surface area contributed by atoms with Gasteiger partial charge in [-0.05, 0) is 61.7 Å². The first-order valence-electron chi connectivity index (χ1n) is 12.0. The van der Waals surface area contributed by atoms with Crippen LogP contribution in [-0.2, 0) is 0 Å². The maximum Gasteiger partial charge on any atom is 0.271 e. The number of Topliss-reactive ketones (excluding diaryl/α,β-unsaturated/α-hetero) is 1. The van der Waals surface area contributed by atoms with Crippen LogP contribution in [0.2, 0.25) is 0 Å². The van der Waals surface area contributed by atoms with E-state index in [0.717, 1.165) is 35.6 Å². The van der Waals surface area contributed by atoms with E-state index in [1.807, 2.05) is 37.3 Å². The third kappa shape index (κ3) is 5.67. The van der Waals surface area contributed by atoms with Crippen LogP contribution in [0.15, 0.2) is 36.5 Å². The third-order valence-corrected chi connectivity index (χ3v) is 7.45. The predicted molar refractivity (Wildman–Crippen MR) is 140 cm³/mol. The van der Waals surface area contributed by atoms with Crippen molar-refractivity contribution >= 4 is 39.9 Å². The van der Waals surface area contributed by atoms with Crippen LogP contribution in [0, 0.1) is 12.8 Å². The molecule has 0 radical (unpaired) electrons. The molecule has 2 atom stereocenters. The second-order valence-corrected chi connectivity index (χ2v) is 10.3. The fourth-order valence-electron chi connectivity index (χ4n) is 4.55. The van der Waals surface area contributed by atoms with Crippen molar-refractivity contribution in [2.24, 2.45) is 11.7 Å². The summed E-state index contributed by atoms with van der Waals surface area (Å²) in [6, 6.07) is 9.94. The number of aromatic nitrogens is 3. The number of ketones is 1. The lowest BCUT2D eigenvalue weighted by Crippen LogP contribution is -2.44. The lowest BCUT2D eigenvalue weighted by atomic mass is 9.84. The minimum Gasteiger partial charge on any atom is -0.364 e. The molecule has 4 rings (SSSR count). The van der Waals surface area contributed by atoms with Crippen molar-refractivity contribution in [1.29, 1.82) is 0 Å². The molecule has 1 fully saturated rings. The average Bonchev–Trinajstić information content (AvgIpc) is 3.24. The van der Waals surface area contributed by atoms with Gasteiger partial charge in [-0.25, -0.2) is 9.97 Å². The molecule has 0 unspecified atom stereocenters. The number of carbonyl (C=O) groups is 2. The van der Waals surface area contributed by atoms with E-state index in [1.165, 1.54) is 17.1 Å². The van der Waals surface area contributed by atoms with E-state index in [4.69, 9.17) is 10.7 Å². The molecule has 1 aromatic carbocycles. The highest BCUT2D eigenvalue weighted by Gasteiger charge is 2.31. The number of rotatable bonds is 8. The van der Waals surface area contributed by atoms with Crippen LogP contribution in [0.25, 0.3) is 0 Å². The van der Waals surface area contributed by atoms with Gasteiger partial charge in [0.2, 0.25) is 0 Å². The number of nitrogens with one attached hydrogen (secondary N) is 1. The highest BCUT2D eigenvalue weighted by Crippen LogP contribution is 2.32. The van der Waals surface area contributed by atoms with Crippen LogP contribution >= 0.6 is 11.5 Å². The van der Waals surface area contributed by atoms with Crippen molar-refractivity contribution in [3.63, 3.8) is 0 Å². The molecule has 3 heterocycles. The molecule has 35 heavy (non-hydrogen) atoms. The number of hydrogen-bond donors (Lipinski definition) is 2. The molecule has 3 aromatic rings. The lowest BCUT2D eigenvalue weighted by molar-refractivity contribution is 0.0944. The molecule has 2 aromatic heterocycles. The predicted octanol–water partition coefficient (Wildman–Crippen LogP) is 5.09. The number of aryl methyl sites for hydroxylation is 1. The van der Waals surface area contributed by atoms with Crippen LogP contribution < -0.4 is 16.0 Å². The number of hydrogen-bond acceptors (Lipinski definition) is 8. The van der Waals surface area contributed by atoms with Crippen molar-refractivity contribution in [2.45, 2.75) is 58.9 Å². The third-order valence-electron chi connectivity index (χ3n) is 6.65. The van der Waals surface area contributed by atoms with Gasteiger partial charge >= 0.3 is 0 Å². The molecule has 184 valence electrons. The average molecular weight is 493 g/mol. The summed E-state index contributed by atoms with van der Waals surface area (Å²) in [6.07, 6.45) is 4.00. The fraction of sp³-hybridized carbons (Fsp3) is 0.423. The molecule has 8 nitrogen and oxygen atoms in total. The van der Waals surface area contributed by atoms with Gasteiger partial charge < -0.3 is 16.0 Å². The number of primary amides is 1. The van der Waals surface area contributed by atoms with E-state index in [-0.39, 0.29) is 23.4 Å². The van der Waals surface area contributed by atoms with E-state index in [1.54, 1.807) is 6.20 Å². The minimum atomic E-state index is -0.647. The Morgan fingerprint density at radius 1 is 1.26 bits per heavy atom. The number of benzene rings is 1. The van der Waals surface area contributed by atoms with Gasteiger partial charge in [0.1, 0.15) is 10.8 Å². The normalized spacial score (nSPS) is 18.0. The highest BCUT2D eigenvalue weighted by molar-refractivity contribution is 7.10. The quantitative estimate of drug-likeness (QED) is 0.421. The van der Waals surface area contributed by atoms with E-state index in [2.05, 4.69) is 40.3 Å². The molecule has 3 N–H and O–H groups in total. The Morgan fingerprint density at radius 3 is 2.63 bits per heavy atom. The zero-order valence-electron chi connectivity index (χ0n) is 20.6. The van der Waals surface area contributed by atoms with Gasteiger partial charge in [0, 0.05) is 24.6 Å². The van der Waals surface area contributed by atoms with Crippen LogP contribution in [0.4, 0.5) is 16.6 Å². The van der Waals surface area contributed by atoms with Gasteiger partial charge in [-0.2, -0.15) is 4.37 Å². The molecule has 9 heteroatoms. The summed E-state index contributed by atoms with van der Waals surface area (Å²) < 4.78 is 4.26. The fourth-order valence-corrected chi connectivity index (χ4v) is 5.21. The van der Waals surface area contributed by atoms with E-state index >= 15 is 0 Å². The van der Waals surface area contributed by atoms with Crippen LogP contribution in [0.3, 0.4) is 0 Å². The van der Waals surface area contributed by atoms with Crippen molar-refractivity contribution < 1.29 is 9.59 Å². The molecule has 0 saturated carbocycles. The molecule has 0 bridgehead atoms. The molecule has 0 aliphatic carbocycles. The van der Waals surface area contributed by atoms with Gasteiger partial charge in [-0.15, -0.1) is 0 Å². The van der Waals surface area contributed by atoms with Crippen molar-refractivity contribution in [1.82, 2.24) is 14.3 Å². The Kier molecular flexibility index (Phi) is 7.45. The van der Waals surface area contributed by atoms with Crippen LogP contribution in [-0.4, -0.2) is 38.6 Å². The van der Waals surface area contributed by atoms with Crippen molar-refractivity contribution in [3.05, 3.63) is 59.0 Å². The van der Waals surface area contributed by atoms with Gasteiger partial charge in [0.05, 0.1) is 11.9 Å². The summed E-state index contributed by atoms with van der Waals surface area (Å²) in [5.74, 6) is 1.12. The number of nitrogens with zero attached hydrogens (tertiary/aromatic N) is 4. The second-order valence-electron chi connectivity index (χ2n) is 9.49. The van der Waals surface area contributed by atoms with Gasteiger partial charge in [-0.3, -0.25) is 9.59 Å². The summed E-state index contributed by atoms with van der Waals surface area (Å²) in [6.45, 7) is 9.12. The van der Waals surface area contributed by atoms with Crippen LogP contribution in [0.1, 0.15) is 78.1 Å². The molecule has 1 amide bonds. The first-order valence-corrected chi connectivity index (χ1v) is 12.8. The number of nitrogens with two attached hydrogens (primary N) is 1. The zero-order chi connectivity index (χ0) is 25.1. The number of anilines is 3. The Balaban J connectivity index is 1.52. The summed E-state index contributed by atoms with van der Waals surface area (Å²) in [5.41, 5.74) is 8.49. The van der Waals surface area contributed by atoms with E-state index < -0.39 is 5.91 Å². The smallest absolute Gasteiger partial charge is 0.271 e. The van der Waals surface area contributed by atoms with Gasteiger partial charge in [0.25, 0.3) is 5.91 Å². The highest BCUT2D eigenvalue weighted by atomic mass is 32.1. The number of piperidine rings is 1. The monoisotopic (exact) mass is 492 g/mol. The van der Waals surface area contributed by atoms with Gasteiger partial charge in [0.15, 0.2) is 17.3 Å². The Labute approximate surface area is 210 Å². The van der Waals surface area contributed by atoms with Crippen molar-refractivity contribution in [3.8, 4) is 0 Å². The molecule has 0 spiro atoms. The summed E-state index contributed by atoms with van der Waals surface area (Å²) >= 11 is 1.28. The Morgan fingerprint density at radius 2 is 2.00 bits per heavy atom. The molecular weight excluding hydrogens is 460 g/mol. The molecular formula is C26H32N6O2S. The number of carbonyl (C=O) groups excluding carboxylic acids is 2. The summed E-state index contributed by atoms with van der Waals surface area (Å²) in [7, 11) is 0. The summed E-state index contributed by atoms with van der Waals surface area (Å²) in [4.78, 5) is 36.2. The summed E-state index contributed by atoms with van der Waals surface area (Å²) in [5, 5.41) is 3.91. The number of amides is 1. The van der Waals surface area contributed by atoms with E-state index in [0.29, 0.717) is 24.0 Å². The maximum absolute atomic E-state index is 13.0. The first-order chi connectivity index (χ1) is 16.7. The zero-order valence-corrected chi connectivity index (χ0v) is 21.4.